The van der Waals surface area contributed by atoms with Gasteiger partial charge in [-0.25, -0.2) is 0 Å². The number of nitrogens with zero attached hydrogens (tertiary/aromatic N) is 2. The van der Waals surface area contributed by atoms with E-state index in [1.807, 2.05) is 0 Å². The van der Waals surface area contributed by atoms with E-state index < -0.39 is 0 Å². The van der Waals surface area contributed by atoms with Crippen molar-refractivity contribution in [3.63, 3.8) is 0 Å². The summed E-state index contributed by atoms with van der Waals surface area (Å²) in [5, 5.41) is 13.0. The average Bonchev–Trinajstić information content (AvgIpc) is 2.47. The van der Waals surface area contributed by atoms with Crippen molar-refractivity contribution in [2.45, 2.75) is 38.8 Å². The number of nitriles is 1. The lowest BCUT2D eigenvalue weighted by atomic mass is 9.88. The van der Waals surface area contributed by atoms with E-state index in [1.54, 1.807) is 0 Å². The Kier molecular flexibility index (Phi) is 4.57. The summed E-state index contributed by atoms with van der Waals surface area (Å²) in [5.74, 6) is 0. The zero-order chi connectivity index (χ0) is 13.7. The quantitative estimate of drug-likeness (QED) is 0.900. The fraction of sp³-hybridized carbons (Fsp3) is 0.562. The predicted octanol–water partition coefficient (Wildman–Crippen LogP) is 2.46. The van der Waals surface area contributed by atoms with E-state index >= 15 is 0 Å². The maximum absolute atomic E-state index is 9.49. The fourth-order valence-corrected chi connectivity index (χ4v) is 2.56. The molecule has 0 radical (unpaired) electrons. The summed E-state index contributed by atoms with van der Waals surface area (Å²) < 4.78 is 0. The zero-order valence-corrected chi connectivity index (χ0v) is 11.9. The highest BCUT2D eigenvalue weighted by Gasteiger charge is 2.33. The summed E-state index contributed by atoms with van der Waals surface area (Å²) in [6.07, 6.45) is 1.84. The molecule has 0 saturated carbocycles. The minimum Gasteiger partial charge on any atom is -0.303 e. The van der Waals surface area contributed by atoms with Crippen LogP contribution in [0.25, 0.3) is 0 Å². The largest absolute Gasteiger partial charge is 0.303 e. The first-order valence-electron chi connectivity index (χ1n) is 7.11. The minimum atomic E-state index is -0.337. The normalized spacial score (nSPS) is 19.0. The first-order chi connectivity index (χ1) is 9.17. The van der Waals surface area contributed by atoms with Crippen molar-refractivity contribution in [3.05, 3.63) is 35.4 Å². The van der Waals surface area contributed by atoms with Gasteiger partial charge in [-0.3, -0.25) is 5.32 Å². The summed E-state index contributed by atoms with van der Waals surface area (Å²) in [5.41, 5.74) is 2.18. The smallest absolute Gasteiger partial charge is 0.109 e. The van der Waals surface area contributed by atoms with Crippen LogP contribution in [0.2, 0.25) is 0 Å². The van der Waals surface area contributed by atoms with Crippen molar-refractivity contribution >= 4 is 0 Å². The Balaban J connectivity index is 1.93. The summed E-state index contributed by atoms with van der Waals surface area (Å²) in [4.78, 5) is 2.41. The molecular weight excluding hydrogens is 234 g/mol. The highest BCUT2D eigenvalue weighted by Crippen LogP contribution is 2.22. The van der Waals surface area contributed by atoms with E-state index in [1.165, 1.54) is 11.1 Å². The molecule has 3 nitrogen and oxygen atoms in total. The lowest BCUT2D eigenvalue weighted by molar-refractivity contribution is 0.172. The van der Waals surface area contributed by atoms with Gasteiger partial charge >= 0.3 is 0 Å². The second kappa shape index (κ2) is 6.18. The predicted molar refractivity (Wildman–Crippen MR) is 77.7 cm³/mol. The summed E-state index contributed by atoms with van der Waals surface area (Å²) in [7, 11) is 0. The van der Waals surface area contributed by atoms with E-state index in [9.17, 15) is 5.26 Å². The SMILES string of the molecule is CCN1CCC(C#N)(NCc2ccc(C)cc2)CC1. The molecule has 0 atom stereocenters. The van der Waals surface area contributed by atoms with E-state index in [-0.39, 0.29) is 5.54 Å². The number of aryl methyl sites for hydroxylation is 1. The third kappa shape index (κ3) is 3.56. The van der Waals surface area contributed by atoms with Crippen LogP contribution in [-0.4, -0.2) is 30.1 Å². The molecule has 0 aromatic heterocycles. The monoisotopic (exact) mass is 257 g/mol. The molecule has 1 aromatic rings. The first kappa shape index (κ1) is 14.0. The van der Waals surface area contributed by atoms with Crippen LogP contribution in [0.3, 0.4) is 0 Å². The number of piperidine rings is 1. The highest BCUT2D eigenvalue weighted by molar-refractivity contribution is 5.22. The van der Waals surface area contributed by atoms with Crippen molar-refractivity contribution in [1.82, 2.24) is 10.2 Å². The van der Waals surface area contributed by atoms with Crippen molar-refractivity contribution < 1.29 is 0 Å². The maximum atomic E-state index is 9.49. The Morgan fingerprint density at radius 2 is 1.89 bits per heavy atom. The third-order valence-electron chi connectivity index (χ3n) is 4.12. The Labute approximate surface area is 116 Å². The number of likely N-dealkylation sites (tertiary alicyclic amines) is 1. The summed E-state index contributed by atoms with van der Waals surface area (Å²) in [6, 6.07) is 11.0. The zero-order valence-electron chi connectivity index (χ0n) is 11.9. The van der Waals surface area contributed by atoms with Gasteiger partial charge in [-0.2, -0.15) is 5.26 Å². The van der Waals surface area contributed by atoms with Gasteiger partial charge in [0.25, 0.3) is 0 Å². The molecule has 2 rings (SSSR count). The Morgan fingerprint density at radius 1 is 1.26 bits per heavy atom. The third-order valence-corrected chi connectivity index (χ3v) is 4.12. The summed E-state index contributed by atoms with van der Waals surface area (Å²) in [6.45, 7) is 8.17. The average molecular weight is 257 g/mol. The molecule has 0 bridgehead atoms. The fourth-order valence-electron chi connectivity index (χ4n) is 2.56. The Bertz CT molecular complexity index is 436. The first-order valence-corrected chi connectivity index (χ1v) is 7.11. The number of hydrogen-bond acceptors (Lipinski definition) is 3. The van der Waals surface area contributed by atoms with Crippen molar-refractivity contribution in [2.24, 2.45) is 0 Å². The molecule has 3 heteroatoms. The Hall–Kier alpha value is -1.37. The molecule has 1 heterocycles. The molecule has 0 amide bonds. The molecule has 0 aliphatic carbocycles. The highest BCUT2D eigenvalue weighted by atomic mass is 15.1. The van der Waals surface area contributed by atoms with E-state index in [4.69, 9.17) is 0 Å². The van der Waals surface area contributed by atoms with Gasteiger partial charge in [0.15, 0.2) is 0 Å². The van der Waals surface area contributed by atoms with Gasteiger partial charge < -0.3 is 4.90 Å². The molecule has 102 valence electrons. The molecule has 1 saturated heterocycles. The van der Waals surface area contributed by atoms with Crippen LogP contribution >= 0.6 is 0 Å². The van der Waals surface area contributed by atoms with Gasteiger partial charge in [0, 0.05) is 19.6 Å². The van der Waals surface area contributed by atoms with E-state index in [0.717, 1.165) is 39.0 Å². The number of nitrogens with one attached hydrogen (secondary N) is 1. The van der Waals surface area contributed by atoms with Gasteiger partial charge in [0.2, 0.25) is 0 Å². The van der Waals surface area contributed by atoms with Crippen LogP contribution < -0.4 is 5.32 Å². The van der Waals surface area contributed by atoms with Gasteiger partial charge in [-0.15, -0.1) is 0 Å². The molecule has 1 aliphatic heterocycles. The summed E-state index contributed by atoms with van der Waals surface area (Å²) >= 11 is 0. The standard InChI is InChI=1S/C16H23N3/c1-3-19-10-8-16(13-17,9-11-19)18-12-15-6-4-14(2)5-7-15/h4-7,18H,3,8-12H2,1-2H3. The molecule has 0 unspecified atom stereocenters. The number of rotatable bonds is 4. The Morgan fingerprint density at radius 3 is 2.42 bits per heavy atom. The van der Waals surface area contributed by atoms with Crippen LogP contribution in [-0.2, 0) is 6.54 Å². The second-order valence-corrected chi connectivity index (χ2v) is 5.47. The molecular formula is C16H23N3. The lowest BCUT2D eigenvalue weighted by Crippen LogP contribution is -2.52. The van der Waals surface area contributed by atoms with Crippen LogP contribution in [0, 0.1) is 18.3 Å². The van der Waals surface area contributed by atoms with Crippen molar-refractivity contribution in [2.75, 3.05) is 19.6 Å². The van der Waals surface area contributed by atoms with E-state index in [2.05, 4.69) is 54.4 Å². The molecule has 19 heavy (non-hydrogen) atoms. The van der Waals surface area contributed by atoms with Gasteiger partial charge in [0.05, 0.1) is 6.07 Å². The van der Waals surface area contributed by atoms with Crippen LogP contribution in [0.4, 0.5) is 0 Å². The van der Waals surface area contributed by atoms with Gasteiger partial charge in [-0.1, -0.05) is 36.8 Å². The second-order valence-electron chi connectivity index (χ2n) is 5.47. The lowest BCUT2D eigenvalue weighted by Gasteiger charge is -2.37. The van der Waals surface area contributed by atoms with Gasteiger partial charge in [-0.05, 0) is 31.9 Å². The van der Waals surface area contributed by atoms with Crippen LogP contribution in [0.1, 0.15) is 30.9 Å². The van der Waals surface area contributed by atoms with Gasteiger partial charge in [0.1, 0.15) is 5.54 Å². The number of hydrogen-bond donors (Lipinski definition) is 1. The topological polar surface area (TPSA) is 39.1 Å². The number of benzene rings is 1. The van der Waals surface area contributed by atoms with Crippen molar-refractivity contribution in [1.29, 1.82) is 5.26 Å². The minimum absolute atomic E-state index is 0.337. The molecule has 1 fully saturated rings. The molecule has 1 aliphatic rings. The molecule has 1 aromatic carbocycles. The van der Waals surface area contributed by atoms with Crippen LogP contribution in [0.15, 0.2) is 24.3 Å². The van der Waals surface area contributed by atoms with Crippen molar-refractivity contribution in [3.8, 4) is 6.07 Å². The van der Waals surface area contributed by atoms with Crippen LogP contribution in [0.5, 0.6) is 0 Å². The van der Waals surface area contributed by atoms with E-state index in [0.29, 0.717) is 0 Å². The molecule has 0 spiro atoms. The molecule has 1 N–H and O–H groups in total. The maximum Gasteiger partial charge on any atom is 0.109 e.